The first-order valence-electron chi connectivity index (χ1n) is 8.78. The van der Waals surface area contributed by atoms with Crippen LogP contribution in [-0.4, -0.2) is 27.3 Å². The average molecular weight is 401 g/mol. The van der Waals surface area contributed by atoms with Crippen LogP contribution >= 0.6 is 11.6 Å². The average Bonchev–Trinajstić information content (AvgIpc) is 3.38. The van der Waals surface area contributed by atoms with Gasteiger partial charge < -0.3 is 15.0 Å². The number of halogens is 2. The molecule has 6 nitrogen and oxygen atoms in total. The van der Waals surface area contributed by atoms with E-state index in [-0.39, 0.29) is 17.8 Å². The zero-order valence-corrected chi connectivity index (χ0v) is 15.9. The van der Waals surface area contributed by atoms with Crippen LogP contribution in [-0.2, 0) is 17.3 Å². The van der Waals surface area contributed by atoms with Crippen LogP contribution in [0.15, 0.2) is 42.5 Å². The Morgan fingerprint density at radius 3 is 2.61 bits per heavy atom. The largest absolute Gasteiger partial charge is 0.484 e. The molecule has 0 radical (unpaired) electrons. The van der Waals surface area contributed by atoms with E-state index in [4.69, 9.17) is 22.1 Å². The number of carbonyl (C=O) groups excluding carboxylic acids is 1. The van der Waals surface area contributed by atoms with E-state index < -0.39 is 5.91 Å². The van der Waals surface area contributed by atoms with Crippen LogP contribution in [0, 0.1) is 5.82 Å². The number of hydrogen-bond acceptors (Lipinski definition) is 4. The van der Waals surface area contributed by atoms with Crippen molar-refractivity contribution < 1.29 is 13.9 Å². The highest BCUT2D eigenvalue weighted by molar-refractivity contribution is 6.33. The topological polar surface area (TPSA) is 83.0 Å². The molecule has 0 unspecified atom stereocenters. The molecule has 1 fully saturated rings. The monoisotopic (exact) mass is 400 g/mol. The van der Waals surface area contributed by atoms with Gasteiger partial charge in [0.2, 0.25) is 0 Å². The summed E-state index contributed by atoms with van der Waals surface area (Å²) < 4.78 is 20.6. The Morgan fingerprint density at radius 2 is 1.96 bits per heavy atom. The van der Waals surface area contributed by atoms with Gasteiger partial charge in [0.1, 0.15) is 17.4 Å². The zero-order chi connectivity index (χ0) is 19.9. The van der Waals surface area contributed by atoms with E-state index >= 15 is 0 Å². The van der Waals surface area contributed by atoms with Gasteiger partial charge >= 0.3 is 0 Å². The first-order valence-corrected chi connectivity index (χ1v) is 9.15. The van der Waals surface area contributed by atoms with E-state index in [0.29, 0.717) is 22.2 Å². The molecule has 0 spiro atoms. The number of nitrogens with two attached hydrogens (primary N) is 1. The van der Waals surface area contributed by atoms with Crippen LogP contribution in [0.5, 0.6) is 5.75 Å². The molecule has 2 aromatic carbocycles. The van der Waals surface area contributed by atoms with Crippen molar-refractivity contribution in [3.8, 4) is 17.1 Å². The van der Waals surface area contributed by atoms with Crippen molar-refractivity contribution in [1.29, 1.82) is 0 Å². The van der Waals surface area contributed by atoms with Gasteiger partial charge in [-0.05, 0) is 48.7 Å². The standard InChI is InChI=1S/C20H18ClFN4O2/c1-26-18(15-10-14(6-7-16(15)21)28-11-17(23)27)24-25-19(26)20(8-9-20)12-2-4-13(22)5-3-12/h2-7,10H,8-9,11H2,1H3,(H2,23,27). The summed E-state index contributed by atoms with van der Waals surface area (Å²) in [6.07, 6.45) is 1.83. The Bertz CT molecular complexity index is 1040. The summed E-state index contributed by atoms with van der Waals surface area (Å²) in [5.41, 5.74) is 6.52. The molecule has 1 aliphatic rings. The third-order valence-electron chi connectivity index (χ3n) is 5.01. The van der Waals surface area contributed by atoms with Crippen LogP contribution in [0.3, 0.4) is 0 Å². The number of aromatic nitrogens is 3. The van der Waals surface area contributed by atoms with Crippen molar-refractivity contribution in [3.05, 3.63) is 64.7 Å². The molecular formula is C20H18ClFN4O2. The molecular weight excluding hydrogens is 383 g/mol. The number of carbonyl (C=O) groups is 1. The highest BCUT2D eigenvalue weighted by Gasteiger charge is 2.50. The Labute approximate surface area is 166 Å². The molecule has 1 aromatic heterocycles. The molecule has 28 heavy (non-hydrogen) atoms. The smallest absolute Gasteiger partial charge is 0.255 e. The fourth-order valence-electron chi connectivity index (χ4n) is 3.44. The number of amides is 1. The van der Waals surface area contributed by atoms with Crippen LogP contribution < -0.4 is 10.5 Å². The Hall–Kier alpha value is -2.93. The predicted octanol–water partition coefficient (Wildman–Crippen LogP) is 3.22. The molecule has 1 heterocycles. The lowest BCUT2D eigenvalue weighted by atomic mass is 9.95. The zero-order valence-electron chi connectivity index (χ0n) is 15.2. The maximum atomic E-state index is 13.3. The van der Waals surface area contributed by atoms with E-state index in [1.165, 1.54) is 12.1 Å². The van der Waals surface area contributed by atoms with Gasteiger partial charge in [-0.15, -0.1) is 10.2 Å². The molecule has 1 aliphatic carbocycles. The second-order valence-electron chi connectivity index (χ2n) is 6.89. The van der Waals surface area contributed by atoms with E-state index in [0.717, 1.165) is 24.2 Å². The number of rotatable bonds is 6. The third-order valence-corrected chi connectivity index (χ3v) is 5.34. The lowest BCUT2D eigenvalue weighted by Gasteiger charge is -2.16. The van der Waals surface area contributed by atoms with E-state index in [1.807, 2.05) is 11.6 Å². The van der Waals surface area contributed by atoms with E-state index in [2.05, 4.69) is 10.2 Å². The fourth-order valence-corrected chi connectivity index (χ4v) is 3.64. The Balaban J connectivity index is 1.70. The summed E-state index contributed by atoms with van der Waals surface area (Å²) in [6, 6.07) is 11.5. The van der Waals surface area contributed by atoms with Crippen molar-refractivity contribution in [2.75, 3.05) is 6.61 Å². The molecule has 1 saturated carbocycles. The van der Waals surface area contributed by atoms with Gasteiger partial charge in [-0.25, -0.2) is 4.39 Å². The van der Waals surface area contributed by atoms with E-state index in [9.17, 15) is 9.18 Å². The highest BCUT2D eigenvalue weighted by Crippen LogP contribution is 2.53. The summed E-state index contributed by atoms with van der Waals surface area (Å²) in [5.74, 6) is 1.01. The van der Waals surface area contributed by atoms with Crippen molar-refractivity contribution in [3.63, 3.8) is 0 Å². The van der Waals surface area contributed by atoms with Crippen LogP contribution in [0.4, 0.5) is 4.39 Å². The first kappa shape index (κ1) is 18.4. The quantitative estimate of drug-likeness (QED) is 0.688. The van der Waals surface area contributed by atoms with Gasteiger partial charge in [-0.1, -0.05) is 23.7 Å². The number of nitrogens with zero attached hydrogens (tertiary/aromatic N) is 3. The summed E-state index contributed by atoms with van der Waals surface area (Å²) in [4.78, 5) is 10.9. The van der Waals surface area contributed by atoms with Gasteiger partial charge in [0.15, 0.2) is 12.4 Å². The van der Waals surface area contributed by atoms with Crippen molar-refractivity contribution in [2.24, 2.45) is 12.8 Å². The minimum absolute atomic E-state index is 0.223. The molecule has 0 bridgehead atoms. The SMILES string of the molecule is Cn1c(-c2cc(OCC(N)=O)ccc2Cl)nnc1C1(c2ccc(F)cc2)CC1. The molecule has 0 atom stereocenters. The second-order valence-corrected chi connectivity index (χ2v) is 7.30. The predicted molar refractivity (Wildman–Crippen MR) is 103 cm³/mol. The van der Waals surface area contributed by atoms with Gasteiger partial charge in [0.05, 0.1) is 10.4 Å². The molecule has 2 N–H and O–H groups in total. The van der Waals surface area contributed by atoms with Gasteiger partial charge in [-0.3, -0.25) is 4.79 Å². The highest BCUT2D eigenvalue weighted by atomic mass is 35.5. The van der Waals surface area contributed by atoms with E-state index in [1.54, 1.807) is 30.3 Å². The van der Waals surface area contributed by atoms with Crippen LogP contribution in [0.1, 0.15) is 24.2 Å². The second kappa shape index (κ2) is 6.91. The lowest BCUT2D eigenvalue weighted by Crippen LogP contribution is -2.20. The number of primary amides is 1. The summed E-state index contributed by atoms with van der Waals surface area (Å²) in [7, 11) is 1.88. The van der Waals surface area contributed by atoms with Gasteiger partial charge in [-0.2, -0.15) is 0 Å². The molecule has 0 saturated heterocycles. The lowest BCUT2D eigenvalue weighted by molar-refractivity contribution is -0.119. The first-order chi connectivity index (χ1) is 13.4. The fraction of sp³-hybridized carbons (Fsp3) is 0.250. The number of benzene rings is 2. The maximum absolute atomic E-state index is 13.3. The van der Waals surface area contributed by atoms with Crippen molar-refractivity contribution in [2.45, 2.75) is 18.3 Å². The number of hydrogen-bond donors (Lipinski definition) is 1. The van der Waals surface area contributed by atoms with Crippen LogP contribution in [0.25, 0.3) is 11.4 Å². The number of ether oxygens (including phenoxy) is 1. The van der Waals surface area contributed by atoms with Crippen LogP contribution in [0.2, 0.25) is 5.02 Å². The summed E-state index contributed by atoms with van der Waals surface area (Å²) in [5, 5.41) is 9.24. The molecule has 4 rings (SSSR count). The Morgan fingerprint density at radius 1 is 1.25 bits per heavy atom. The third kappa shape index (κ3) is 3.22. The normalized spacial score (nSPS) is 14.7. The summed E-state index contributed by atoms with van der Waals surface area (Å²) in [6.45, 7) is -0.223. The molecule has 1 amide bonds. The molecule has 8 heteroatoms. The summed E-state index contributed by atoms with van der Waals surface area (Å²) >= 11 is 6.37. The van der Waals surface area contributed by atoms with Gasteiger partial charge in [0.25, 0.3) is 5.91 Å². The minimum atomic E-state index is -0.563. The van der Waals surface area contributed by atoms with Crippen molar-refractivity contribution >= 4 is 17.5 Å². The van der Waals surface area contributed by atoms with Crippen molar-refractivity contribution in [1.82, 2.24) is 14.8 Å². The molecule has 3 aromatic rings. The Kier molecular flexibility index (Phi) is 4.55. The minimum Gasteiger partial charge on any atom is -0.484 e. The van der Waals surface area contributed by atoms with Gasteiger partial charge in [0, 0.05) is 12.6 Å². The maximum Gasteiger partial charge on any atom is 0.255 e. The molecule has 144 valence electrons. The molecule has 0 aliphatic heterocycles.